The van der Waals surface area contributed by atoms with Gasteiger partial charge in [0.1, 0.15) is 0 Å². The Bertz CT molecular complexity index is 72.1. The van der Waals surface area contributed by atoms with E-state index < -0.39 is 0 Å². The lowest BCUT2D eigenvalue weighted by Crippen LogP contribution is -2.10. The van der Waals surface area contributed by atoms with Crippen LogP contribution in [0.2, 0.25) is 0 Å². The molecule has 59 valence electrons. The second kappa shape index (κ2) is 4.76. The molecule has 0 aromatic heterocycles. The van der Waals surface area contributed by atoms with Gasteiger partial charge in [0.2, 0.25) is 0 Å². The predicted octanol–water partition coefficient (Wildman–Crippen LogP) is 3.57. The quantitative estimate of drug-likeness (QED) is 0.511. The third-order valence-electron chi connectivity index (χ3n) is 2.58. The molecule has 1 aliphatic rings. The van der Waals surface area contributed by atoms with Crippen LogP contribution in [0, 0.1) is 12.3 Å². The first kappa shape index (κ1) is 8.10. The van der Waals surface area contributed by atoms with Crippen LogP contribution in [0.25, 0.3) is 0 Å². The molecule has 1 fully saturated rings. The summed E-state index contributed by atoms with van der Waals surface area (Å²) in [5, 5.41) is 0. The number of unbranched alkanes of at least 4 members (excludes halogenated alkanes) is 3. The molecule has 0 aromatic carbocycles. The van der Waals surface area contributed by atoms with E-state index in [1.165, 1.54) is 44.9 Å². The van der Waals surface area contributed by atoms with Crippen molar-refractivity contribution in [2.45, 2.75) is 51.9 Å². The molecule has 0 heteroatoms. The Morgan fingerprint density at radius 1 is 1.30 bits per heavy atom. The highest BCUT2D eigenvalue weighted by atomic mass is 14.2. The average molecular weight is 139 g/mol. The van der Waals surface area contributed by atoms with Crippen LogP contribution in [0.5, 0.6) is 0 Å². The van der Waals surface area contributed by atoms with E-state index in [0.717, 1.165) is 5.92 Å². The molecule has 1 saturated carbocycles. The van der Waals surface area contributed by atoms with Crippen molar-refractivity contribution in [1.82, 2.24) is 0 Å². The van der Waals surface area contributed by atoms with Gasteiger partial charge in [-0.25, -0.2) is 0 Å². The van der Waals surface area contributed by atoms with Crippen molar-refractivity contribution < 1.29 is 0 Å². The maximum Gasteiger partial charge on any atom is -0.0414 e. The summed E-state index contributed by atoms with van der Waals surface area (Å²) in [5.41, 5.74) is 0. The van der Waals surface area contributed by atoms with Gasteiger partial charge in [0.25, 0.3) is 0 Å². The van der Waals surface area contributed by atoms with E-state index in [1.54, 1.807) is 0 Å². The second-order valence-electron chi connectivity index (χ2n) is 3.49. The van der Waals surface area contributed by atoms with Gasteiger partial charge in [0, 0.05) is 0 Å². The van der Waals surface area contributed by atoms with Crippen LogP contribution in [-0.4, -0.2) is 0 Å². The molecule has 0 saturated heterocycles. The highest BCUT2D eigenvalue weighted by Crippen LogP contribution is 2.30. The topological polar surface area (TPSA) is 0 Å². The minimum atomic E-state index is 1.12. The molecule has 0 amide bonds. The van der Waals surface area contributed by atoms with E-state index in [2.05, 4.69) is 13.3 Å². The SMILES string of the molecule is C[CH]CCCCC1CCC1. The largest absolute Gasteiger partial charge is 0.0623 e. The van der Waals surface area contributed by atoms with Crippen molar-refractivity contribution in [3.05, 3.63) is 6.42 Å². The van der Waals surface area contributed by atoms with E-state index in [0.29, 0.717) is 0 Å². The molecule has 0 atom stereocenters. The highest BCUT2D eigenvalue weighted by molar-refractivity contribution is 4.69. The van der Waals surface area contributed by atoms with E-state index in [-0.39, 0.29) is 0 Å². The number of hydrogen-bond donors (Lipinski definition) is 0. The normalized spacial score (nSPS) is 18.9. The fraction of sp³-hybridized carbons (Fsp3) is 0.900. The summed E-state index contributed by atoms with van der Waals surface area (Å²) in [6, 6.07) is 0. The standard InChI is InChI=1S/C10H19/c1-2-3-4-5-7-10-8-6-9-10/h2,10H,3-9H2,1H3. The van der Waals surface area contributed by atoms with Crippen LogP contribution < -0.4 is 0 Å². The van der Waals surface area contributed by atoms with Crippen molar-refractivity contribution in [1.29, 1.82) is 0 Å². The summed E-state index contributed by atoms with van der Waals surface area (Å²) in [5.74, 6) is 1.12. The Labute approximate surface area is 65.0 Å². The Morgan fingerprint density at radius 3 is 2.60 bits per heavy atom. The van der Waals surface area contributed by atoms with Crippen LogP contribution in [-0.2, 0) is 0 Å². The van der Waals surface area contributed by atoms with E-state index in [4.69, 9.17) is 0 Å². The van der Waals surface area contributed by atoms with Crippen molar-refractivity contribution >= 4 is 0 Å². The monoisotopic (exact) mass is 139 g/mol. The van der Waals surface area contributed by atoms with Gasteiger partial charge in [0.15, 0.2) is 0 Å². The molecule has 0 nitrogen and oxygen atoms in total. The van der Waals surface area contributed by atoms with Gasteiger partial charge < -0.3 is 0 Å². The summed E-state index contributed by atoms with van der Waals surface area (Å²) < 4.78 is 0. The second-order valence-corrected chi connectivity index (χ2v) is 3.49. The first-order valence-corrected chi connectivity index (χ1v) is 4.71. The van der Waals surface area contributed by atoms with Gasteiger partial charge in [-0.15, -0.1) is 0 Å². The third-order valence-corrected chi connectivity index (χ3v) is 2.58. The molecule has 0 N–H and O–H groups in total. The van der Waals surface area contributed by atoms with Crippen molar-refractivity contribution in [3.63, 3.8) is 0 Å². The zero-order chi connectivity index (χ0) is 7.23. The molecule has 0 spiro atoms. The van der Waals surface area contributed by atoms with E-state index >= 15 is 0 Å². The lowest BCUT2D eigenvalue weighted by atomic mass is 9.82. The molecule has 10 heavy (non-hydrogen) atoms. The van der Waals surface area contributed by atoms with Crippen molar-refractivity contribution in [2.24, 2.45) is 5.92 Å². The summed E-state index contributed by atoms with van der Waals surface area (Å²) in [7, 11) is 0. The van der Waals surface area contributed by atoms with E-state index in [1.807, 2.05) is 0 Å². The van der Waals surface area contributed by atoms with Gasteiger partial charge >= 0.3 is 0 Å². The summed E-state index contributed by atoms with van der Waals surface area (Å²) in [6.45, 7) is 2.16. The molecule has 0 heterocycles. The zero-order valence-electron chi connectivity index (χ0n) is 7.10. The molecule has 0 aliphatic heterocycles. The molecule has 1 rings (SSSR count). The summed E-state index contributed by atoms with van der Waals surface area (Å²) in [6.07, 6.45) is 12.6. The van der Waals surface area contributed by atoms with Gasteiger partial charge in [-0.1, -0.05) is 51.9 Å². The molecule has 0 unspecified atom stereocenters. The lowest BCUT2D eigenvalue weighted by molar-refractivity contribution is 0.287. The van der Waals surface area contributed by atoms with Crippen LogP contribution in [0.15, 0.2) is 0 Å². The Balaban J connectivity index is 1.76. The van der Waals surface area contributed by atoms with Crippen LogP contribution in [0.3, 0.4) is 0 Å². The van der Waals surface area contributed by atoms with E-state index in [9.17, 15) is 0 Å². The van der Waals surface area contributed by atoms with Crippen LogP contribution in [0.4, 0.5) is 0 Å². The summed E-state index contributed by atoms with van der Waals surface area (Å²) >= 11 is 0. The Morgan fingerprint density at radius 2 is 2.10 bits per heavy atom. The fourth-order valence-electron chi connectivity index (χ4n) is 1.56. The van der Waals surface area contributed by atoms with Crippen molar-refractivity contribution in [3.8, 4) is 0 Å². The molecule has 1 aliphatic carbocycles. The fourth-order valence-corrected chi connectivity index (χ4v) is 1.56. The lowest BCUT2D eigenvalue weighted by Gasteiger charge is -2.24. The van der Waals surface area contributed by atoms with Crippen LogP contribution in [0.1, 0.15) is 51.9 Å². The molecule has 0 bridgehead atoms. The predicted molar refractivity (Wildman–Crippen MR) is 45.8 cm³/mol. The Hall–Kier alpha value is 0. The maximum absolute atomic E-state index is 2.28. The summed E-state index contributed by atoms with van der Waals surface area (Å²) in [4.78, 5) is 0. The molecular formula is C10H19. The number of rotatable bonds is 5. The first-order valence-electron chi connectivity index (χ1n) is 4.71. The van der Waals surface area contributed by atoms with Gasteiger partial charge in [-0.3, -0.25) is 0 Å². The minimum absolute atomic E-state index is 1.12. The van der Waals surface area contributed by atoms with Gasteiger partial charge in [-0.2, -0.15) is 0 Å². The molecule has 1 radical (unpaired) electrons. The maximum atomic E-state index is 2.28. The number of hydrogen-bond acceptors (Lipinski definition) is 0. The smallest absolute Gasteiger partial charge is 0.0414 e. The van der Waals surface area contributed by atoms with Gasteiger partial charge in [0.05, 0.1) is 0 Å². The first-order chi connectivity index (χ1) is 4.93. The van der Waals surface area contributed by atoms with Crippen molar-refractivity contribution in [2.75, 3.05) is 0 Å². The van der Waals surface area contributed by atoms with Gasteiger partial charge in [-0.05, 0) is 12.3 Å². The average Bonchev–Trinajstić information content (AvgIpc) is 1.84. The zero-order valence-corrected chi connectivity index (χ0v) is 7.10. The highest BCUT2D eigenvalue weighted by Gasteiger charge is 2.15. The molecular weight excluding hydrogens is 120 g/mol. The van der Waals surface area contributed by atoms with Crippen LogP contribution >= 0.6 is 0 Å². The Kier molecular flexibility index (Phi) is 3.86. The minimum Gasteiger partial charge on any atom is -0.0623 e. The molecule has 0 aromatic rings. The third kappa shape index (κ3) is 2.72.